The highest BCUT2D eigenvalue weighted by molar-refractivity contribution is 7.14. The Hall–Kier alpha value is -1.88. The average Bonchev–Trinajstić information content (AvgIpc) is 3.03. The van der Waals surface area contributed by atoms with Crippen LogP contribution in [0.5, 0.6) is 0 Å². The topological polar surface area (TPSA) is 45.2 Å². The second-order valence-corrected chi connectivity index (χ2v) is 6.62. The molecule has 3 rings (SSSR count). The van der Waals surface area contributed by atoms with Gasteiger partial charge in [0.15, 0.2) is 5.13 Å². The van der Waals surface area contributed by atoms with Crippen LogP contribution in [0.2, 0.25) is 0 Å². The van der Waals surface area contributed by atoms with Gasteiger partial charge in [0.05, 0.1) is 5.69 Å². The Bertz CT molecular complexity index is 626. The minimum Gasteiger partial charge on any atom is -0.361 e. The molecule has 1 fully saturated rings. The standard InChI is InChI=1S/C17H21N3OS/c1-13(21)20-9-5-6-14(11-20)10-18-17-19-16(12-22-17)15-7-3-2-4-8-15/h2-4,7-8,12,14H,5-6,9-11H2,1H3,(H,18,19). The van der Waals surface area contributed by atoms with E-state index in [1.165, 1.54) is 6.42 Å². The largest absolute Gasteiger partial charge is 0.361 e. The molecule has 0 saturated carbocycles. The number of hydrogen-bond donors (Lipinski definition) is 1. The van der Waals surface area contributed by atoms with Gasteiger partial charge in [0, 0.05) is 37.5 Å². The lowest BCUT2D eigenvalue weighted by Gasteiger charge is -2.32. The lowest BCUT2D eigenvalue weighted by molar-refractivity contribution is -0.130. The van der Waals surface area contributed by atoms with Crippen LogP contribution in [0.25, 0.3) is 11.3 Å². The van der Waals surface area contributed by atoms with E-state index in [0.29, 0.717) is 5.92 Å². The predicted molar refractivity (Wildman–Crippen MR) is 91.0 cm³/mol. The van der Waals surface area contributed by atoms with Gasteiger partial charge in [-0.1, -0.05) is 30.3 Å². The van der Waals surface area contributed by atoms with E-state index in [1.54, 1.807) is 18.3 Å². The number of amides is 1. The second-order valence-electron chi connectivity index (χ2n) is 5.76. The minimum absolute atomic E-state index is 0.185. The van der Waals surface area contributed by atoms with E-state index in [2.05, 4.69) is 27.8 Å². The summed E-state index contributed by atoms with van der Waals surface area (Å²) in [5.41, 5.74) is 2.16. The number of nitrogens with zero attached hydrogens (tertiary/aromatic N) is 2. The van der Waals surface area contributed by atoms with Gasteiger partial charge in [-0.2, -0.15) is 0 Å². The third-order valence-electron chi connectivity index (χ3n) is 4.08. The van der Waals surface area contributed by atoms with Gasteiger partial charge >= 0.3 is 0 Å². The summed E-state index contributed by atoms with van der Waals surface area (Å²) in [5.74, 6) is 0.701. The summed E-state index contributed by atoms with van der Waals surface area (Å²) < 4.78 is 0. The molecular weight excluding hydrogens is 294 g/mol. The van der Waals surface area contributed by atoms with Crippen LogP contribution in [-0.2, 0) is 4.79 Å². The van der Waals surface area contributed by atoms with Gasteiger partial charge in [-0.05, 0) is 18.8 Å². The SMILES string of the molecule is CC(=O)N1CCCC(CNc2nc(-c3ccccc3)cs2)C1. The first-order valence-electron chi connectivity index (χ1n) is 7.72. The molecule has 0 aliphatic carbocycles. The van der Waals surface area contributed by atoms with Gasteiger partial charge in [0.2, 0.25) is 5.91 Å². The van der Waals surface area contributed by atoms with E-state index in [9.17, 15) is 4.79 Å². The Labute approximate surface area is 135 Å². The van der Waals surface area contributed by atoms with E-state index in [-0.39, 0.29) is 5.91 Å². The number of nitrogens with one attached hydrogen (secondary N) is 1. The maximum atomic E-state index is 11.5. The fourth-order valence-corrected chi connectivity index (χ4v) is 3.58. The van der Waals surface area contributed by atoms with E-state index >= 15 is 0 Å². The van der Waals surface area contributed by atoms with Crippen molar-refractivity contribution in [3.63, 3.8) is 0 Å². The number of benzene rings is 1. The summed E-state index contributed by atoms with van der Waals surface area (Å²) in [5, 5.41) is 6.47. The van der Waals surface area contributed by atoms with Gasteiger partial charge in [-0.3, -0.25) is 4.79 Å². The first-order valence-corrected chi connectivity index (χ1v) is 8.60. The van der Waals surface area contributed by atoms with Gasteiger partial charge in [-0.15, -0.1) is 11.3 Å². The molecule has 1 aromatic carbocycles. The Morgan fingerprint density at radius 2 is 2.23 bits per heavy atom. The van der Waals surface area contributed by atoms with Crippen molar-refractivity contribution >= 4 is 22.4 Å². The van der Waals surface area contributed by atoms with Gasteiger partial charge < -0.3 is 10.2 Å². The van der Waals surface area contributed by atoms with Crippen LogP contribution in [-0.4, -0.2) is 35.4 Å². The molecule has 1 amide bonds. The smallest absolute Gasteiger partial charge is 0.219 e. The molecule has 1 aromatic heterocycles. The van der Waals surface area contributed by atoms with E-state index in [4.69, 9.17) is 0 Å². The van der Waals surface area contributed by atoms with Crippen molar-refractivity contribution in [1.82, 2.24) is 9.88 Å². The van der Waals surface area contributed by atoms with Crippen molar-refractivity contribution in [2.75, 3.05) is 25.0 Å². The highest BCUT2D eigenvalue weighted by atomic mass is 32.1. The lowest BCUT2D eigenvalue weighted by Crippen LogP contribution is -2.40. The van der Waals surface area contributed by atoms with E-state index in [1.807, 2.05) is 23.1 Å². The molecule has 0 radical (unpaired) electrons. The molecule has 5 heteroatoms. The minimum atomic E-state index is 0.185. The van der Waals surface area contributed by atoms with Crippen molar-refractivity contribution in [2.45, 2.75) is 19.8 Å². The van der Waals surface area contributed by atoms with Gasteiger partial charge in [0.25, 0.3) is 0 Å². The van der Waals surface area contributed by atoms with E-state index < -0.39 is 0 Å². The third kappa shape index (κ3) is 3.65. The summed E-state index contributed by atoms with van der Waals surface area (Å²) in [4.78, 5) is 18.1. The second kappa shape index (κ2) is 6.92. The molecule has 0 bridgehead atoms. The zero-order chi connectivity index (χ0) is 15.4. The van der Waals surface area contributed by atoms with E-state index in [0.717, 1.165) is 42.4 Å². The number of carbonyl (C=O) groups excluding carboxylic acids is 1. The number of rotatable bonds is 4. The fourth-order valence-electron chi connectivity index (χ4n) is 2.85. The first kappa shape index (κ1) is 15.0. The van der Waals surface area contributed by atoms with Crippen LogP contribution in [0.15, 0.2) is 35.7 Å². The Kier molecular flexibility index (Phi) is 4.73. The number of aromatic nitrogens is 1. The molecule has 1 aliphatic rings. The molecule has 1 atom stereocenters. The summed E-state index contributed by atoms with van der Waals surface area (Å²) in [6.07, 6.45) is 2.27. The van der Waals surface area contributed by atoms with Crippen LogP contribution >= 0.6 is 11.3 Å². The summed E-state index contributed by atoms with van der Waals surface area (Å²) in [6, 6.07) is 10.2. The van der Waals surface area contributed by atoms with Crippen molar-refractivity contribution in [2.24, 2.45) is 5.92 Å². The molecule has 2 heterocycles. The molecule has 22 heavy (non-hydrogen) atoms. The normalized spacial score (nSPS) is 18.2. The highest BCUT2D eigenvalue weighted by Gasteiger charge is 2.21. The molecular formula is C17H21N3OS. The molecule has 1 N–H and O–H groups in total. The molecule has 1 saturated heterocycles. The Balaban J connectivity index is 1.56. The number of anilines is 1. The number of thiazole rings is 1. The molecule has 1 unspecified atom stereocenters. The number of carbonyl (C=O) groups is 1. The van der Waals surface area contributed by atoms with Crippen LogP contribution in [0, 0.1) is 5.92 Å². The Morgan fingerprint density at radius 1 is 1.41 bits per heavy atom. The maximum Gasteiger partial charge on any atom is 0.219 e. The summed E-state index contributed by atoms with van der Waals surface area (Å²) in [6.45, 7) is 4.30. The Morgan fingerprint density at radius 3 is 3.00 bits per heavy atom. The van der Waals surface area contributed by atoms with Gasteiger partial charge in [-0.25, -0.2) is 4.98 Å². The van der Waals surface area contributed by atoms with Crippen LogP contribution < -0.4 is 5.32 Å². The monoisotopic (exact) mass is 315 g/mol. The summed E-state index contributed by atoms with van der Waals surface area (Å²) in [7, 11) is 0. The van der Waals surface area contributed by atoms with Crippen LogP contribution in [0.1, 0.15) is 19.8 Å². The van der Waals surface area contributed by atoms with Crippen molar-refractivity contribution in [1.29, 1.82) is 0 Å². The zero-order valence-electron chi connectivity index (χ0n) is 12.8. The van der Waals surface area contributed by atoms with Crippen molar-refractivity contribution in [3.05, 3.63) is 35.7 Å². The fraction of sp³-hybridized carbons (Fsp3) is 0.412. The van der Waals surface area contributed by atoms with Crippen LogP contribution in [0.4, 0.5) is 5.13 Å². The van der Waals surface area contributed by atoms with Crippen LogP contribution in [0.3, 0.4) is 0 Å². The van der Waals surface area contributed by atoms with Gasteiger partial charge in [0.1, 0.15) is 0 Å². The molecule has 1 aliphatic heterocycles. The summed E-state index contributed by atoms with van der Waals surface area (Å²) >= 11 is 1.64. The first-order chi connectivity index (χ1) is 10.7. The predicted octanol–water partition coefficient (Wildman–Crippen LogP) is 3.48. The van der Waals surface area contributed by atoms with Crippen molar-refractivity contribution in [3.8, 4) is 11.3 Å². The molecule has 0 spiro atoms. The number of piperidine rings is 1. The maximum absolute atomic E-state index is 11.5. The number of likely N-dealkylation sites (tertiary alicyclic amines) is 1. The third-order valence-corrected chi connectivity index (χ3v) is 4.88. The molecule has 4 nitrogen and oxygen atoms in total. The average molecular weight is 315 g/mol. The van der Waals surface area contributed by atoms with Crippen molar-refractivity contribution < 1.29 is 4.79 Å². The lowest BCUT2D eigenvalue weighted by atomic mass is 9.98. The quantitative estimate of drug-likeness (QED) is 0.939. The zero-order valence-corrected chi connectivity index (χ0v) is 13.6. The molecule has 116 valence electrons. The molecule has 2 aromatic rings. The number of hydrogen-bond acceptors (Lipinski definition) is 4. The highest BCUT2D eigenvalue weighted by Crippen LogP contribution is 2.25.